The van der Waals surface area contributed by atoms with Gasteiger partial charge in [-0.2, -0.15) is 13.5 Å². The van der Waals surface area contributed by atoms with E-state index in [2.05, 4.69) is 14.8 Å². The molecule has 41 heavy (non-hydrogen) atoms. The SMILES string of the molecule is C/C(=N/NS(=O)(=O)c1ccc(C)cc1)[C@H](CN1CCOCC1)[C@@H](c1ccccc1)c1c(O)c2ccccc2oc1=O. The molecule has 1 aliphatic rings. The Morgan fingerprint density at radius 2 is 1.66 bits per heavy atom. The average molecular weight is 576 g/mol. The fourth-order valence-electron chi connectivity index (χ4n) is 5.21. The molecule has 2 atom stereocenters. The number of sulfonamides is 1. The zero-order chi connectivity index (χ0) is 29.0. The lowest BCUT2D eigenvalue weighted by Gasteiger charge is -2.34. The number of ether oxygens (including phenoxy) is 1. The largest absolute Gasteiger partial charge is 0.507 e. The number of hydrogen-bond donors (Lipinski definition) is 2. The van der Waals surface area contributed by atoms with Crippen LogP contribution in [0, 0.1) is 12.8 Å². The summed E-state index contributed by atoms with van der Waals surface area (Å²) in [6.07, 6.45) is 0. The van der Waals surface area contributed by atoms with Crippen molar-refractivity contribution in [3.8, 4) is 5.75 Å². The molecule has 2 heterocycles. The molecule has 0 spiro atoms. The van der Waals surface area contributed by atoms with Crippen LogP contribution in [0.5, 0.6) is 5.75 Å². The fourth-order valence-corrected chi connectivity index (χ4v) is 6.07. The van der Waals surface area contributed by atoms with Crippen molar-refractivity contribution in [1.29, 1.82) is 0 Å². The van der Waals surface area contributed by atoms with Crippen molar-refractivity contribution in [3.63, 3.8) is 0 Å². The maximum atomic E-state index is 13.5. The molecule has 0 radical (unpaired) electrons. The number of hydrogen-bond acceptors (Lipinski definition) is 8. The van der Waals surface area contributed by atoms with Crippen molar-refractivity contribution in [2.45, 2.75) is 24.7 Å². The van der Waals surface area contributed by atoms with E-state index >= 15 is 0 Å². The third kappa shape index (κ3) is 6.35. The van der Waals surface area contributed by atoms with Gasteiger partial charge < -0.3 is 14.3 Å². The molecule has 0 bridgehead atoms. The molecule has 5 rings (SSSR count). The molecule has 1 aliphatic heterocycles. The molecular formula is C31H33N3O6S. The van der Waals surface area contributed by atoms with Gasteiger partial charge in [-0.15, -0.1) is 0 Å². The van der Waals surface area contributed by atoms with Gasteiger partial charge in [0.15, 0.2) is 0 Å². The van der Waals surface area contributed by atoms with Gasteiger partial charge in [0.05, 0.1) is 29.1 Å². The first-order valence-electron chi connectivity index (χ1n) is 13.5. The fraction of sp³-hybridized carbons (Fsp3) is 0.290. The lowest BCUT2D eigenvalue weighted by atomic mass is 9.78. The molecule has 0 unspecified atom stereocenters. The van der Waals surface area contributed by atoms with Gasteiger partial charge in [-0.3, -0.25) is 4.90 Å². The van der Waals surface area contributed by atoms with Crippen molar-refractivity contribution in [1.82, 2.24) is 9.73 Å². The van der Waals surface area contributed by atoms with Gasteiger partial charge in [-0.25, -0.2) is 9.63 Å². The molecule has 4 aromatic rings. The van der Waals surface area contributed by atoms with Crippen LogP contribution in [-0.2, 0) is 14.8 Å². The predicted molar refractivity (Wildman–Crippen MR) is 158 cm³/mol. The Bertz CT molecular complexity index is 1700. The number of nitrogens with one attached hydrogen (secondary N) is 1. The summed E-state index contributed by atoms with van der Waals surface area (Å²) < 4.78 is 37.4. The molecule has 1 saturated heterocycles. The number of fused-ring (bicyclic) bond motifs is 1. The first-order valence-corrected chi connectivity index (χ1v) is 15.0. The Kier molecular flexibility index (Phi) is 8.53. The summed E-state index contributed by atoms with van der Waals surface area (Å²) in [4.78, 5) is 18.2. The first kappa shape index (κ1) is 28.5. The molecule has 1 aromatic heterocycles. The minimum atomic E-state index is -3.94. The summed E-state index contributed by atoms with van der Waals surface area (Å²) in [6, 6.07) is 22.7. The van der Waals surface area contributed by atoms with Gasteiger partial charge in [0.25, 0.3) is 10.0 Å². The van der Waals surface area contributed by atoms with E-state index in [4.69, 9.17) is 9.15 Å². The van der Waals surface area contributed by atoms with Crippen LogP contribution >= 0.6 is 0 Å². The Labute approximate surface area is 239 Å². The summed E-state index contributed by atoms with van der Waals surface area (Å²) in [6.45, 7) is 6.50. The molecule has 10 heteroatoms. The first-order chi connectivity index (χ1) is 19.7. The van der Waals surface area contributed by atoms with Gasteiger partial charge in [0.1, 0.15) is 11.3 Å². The van der Waals surface area contributed by atoms with Gasteiger partial charge in [0.2, 0.25) is 0 Å². The number of benzene rings is 3. The third-order valence-corrected chi connectivity index (χ3v) is 8.69. The zero-order valence-electron chi connectivity index (χ0n) is 23.0. The standard InChI is InChI=1S/C31H33N3O6S/c1-21-12-14-24(15-13-21)41(37,38)33-32-22(2)26(20-34-16-18-39-19-17-34)28(23-8-4-3-5-9-23)29-30(35)25-10-6-7-11-27(25)40-31(29)36/h3-15,26,28,33,35H,16-20H2,1-2H3/b32-22-/t26-,28+/m0/s1. The minimum absolute atomic E-state index is 0.0943. The third-order valence-electron chi connectivity index (χ3n) is 7.46. The van der Waals surface area contributed by atoms with E-state index in [1.54, 1.807) is 43.3 Å². The van der Waals surface area contributed by atoms with E-state index in [9.17, 15) is 18.3 Å². The number of aromatic hydroxyl groups is 1. The Morgan fingerprint density at radius 1 is 1.00 bits per heavy atom. The smallest absolute Gasteiger partial charge is 0.343 e. The number of morpholine rings is 1. The van der Waals surface area contributed by atoms with Crippen LogP contribution in [0.3, 0.4) is 0 Å². The number of aryl methyl sites for hydroxylation is 1. The number of para-hydroxylation sites is 1. The highest BCUT2D eigenvalue weighted by Crippen LogP contribution is 2.39. The van der Waals surface area contributed by atoms with Crippen molar-refractivity contribution < 1.29 is 22.7 Å². The van der Waals surface area contributed by atoms with Gasteiger partial charge in [0, 0.05) is 37.2 Å². The lowest BCUT2D eigenvalue weighted by Crippen LogP contribution is -2.43. The summed E-state index contributed by atoms with van der Waals surface area (Å²) in [5.41, 5.74) is 1.88. The zero-order valence-corrected chi connectivity index (χ0v) is 23.8. The lowest BCUT2D eigenvalue weighted by molar-refractivity contribution is 0.0335. The highest BCUT2D eigenvalue weighted by atomic mass is 32.2. The topological polar surface area (TPSA) is 121 Å². The quantitative estimate of drug-likeness (QED) is 0.174. The van der Waals surface area contributed by atoms with Crippen LogP contribution in [0.4, 0.5) is 0 Å². The molecule has 0 saturated carbocycles. The van der Waals surface area contributed by atoms with Crippen LogP contribution in [0.15, 0.2) is 98.1 Å². The molecule has 9 nitrogen and oxygen atoms in total. The maximum absolute atomic E-state index is 13.5. The molecule has 1 fully saturated rings. The number of rotatable bonds is 9. The van der Waals surface area contributed by atoms with Gasteiger partial charge in [-0.1, -0.05) is 60.2 Å². The second-order valence-corrected chi connectivity index (χ2v) is 11.9. The monoisotopic (exact) mass is 575 g/mol. The Balaban J connectivity index is 1.63. The van der Waals surface area contributed by atoms with E-state index in [-0.39, 0.29) is 21.8 Å². The van der Waals surface area contributed by atoms with Crippen molar-refractivity contribution in [2.75, 3.05) is 32.8 Å². The van der Waals surface area contributed by atoms with E-state index in [0.717, 1.165) is 11.1 Å². The van der Waals surface area contributed by atoms with Crippen LogP contribution in [-0.4, -0.2) is 57.0 Å². The van der Waals surface area contributed by atoms with Gasteiger partial charge in [-0.05, 0) is 43.7 Å². The minimum Gasteiger partial charge on any atom is -0.507 e. The summed E-state index contributed by atoms with van der Waals surface area (Å²) in [7, 11) is -3.94. The molecule has 0 amide bonds. The maximum Gasteiger partial charge on any atom is 0.343 e. The normalized spacial score (nSPS) is 16.4. The Morgan fingerprint density at radius 3 is 2.37 bits per heavy atom. The molecule has 3 aromatic carbocycles. The number of hydrazone groups is 1. The van der Waals surface area contributed by atoms with Crippen molar-refractivity contribution >= 4 is 26.7 Å². The van der Waals surface area contributed by atoms with Crippen molar-refractivity contribution in [3.05, 3.63) is 106 Å². The van der Waals surface area contributed by atoms with Gasteiger partial charge >= 0.3 is 5.63 Å². The Hall–Kier alpha value is -3.99. The molecule has 0 aliphatic carbocycles. The van der Waals surface area contributed by atoms with Crippen LogP contribution < -0.4 is 10.5 Å². The predicted octanol–water partition coefficient (Wildman–Crippen LogP) is 4.24. The molecular weight excluding hydrogens is 542 g/mol. The van der Waals surface area contributed by atoms with Crippen LogP contribution in [0.25, 0.3) is 11.0 Å². The average Bonchev–Trinajstić information content (AvgIpc) is 2.98. The second kappa shape index (κ2) is 12.3. The molecule has 2 N–H and O–H groups in total. The highest BCUT2D eigenvalue weighted by molar-refractivity contribution is 7.89. The van der Waals surface area contributed by atoms with E-state index in [1.165, 1.54) is 12.1 Å². The second-order valence-electron chi connectivity index (χ2n) is 10.2. The van der Waals surface area contributed by atoms with Crippen LogP contribution in [0.2, 0.25) is 0 Å². The van der Waals surface area contributed by atoms with E-state index in [1.807, 2.05) is 37.3 Å². The highest BCUT2D eigenvalue weighted by Gasteiger charge is 2.35. The van der Waals surface area contributed by atoms with Crippen LogP contribution in [0.1, 0.15) is 29.5 Å². The summed E-state index contributed by atoms with van der Waals surface area (Å²) in [5.74, 6) is -1.36. The van der Waals surface area contributed by atoms with E-state index in [0.29, 0.717) is 43.9 Å². The van der Waals surface area contributed by atoms with E-state index < -0.39 is 27.5 Å². The molecule has 214 valence electrons. The summed E-state index contributed by atoms with van der Waals surface area (Å²) >= 11 is 0. The van der Waals surface area contributed by atoms with Crippen molar-refractivity contribution in [2.24, 2.45) is 11.0 Å². The summed E-state index contributed by atoms with van der Waals surface area (Å²) in [5, 5.41) is 16.3. The number of nitrogens with zero attached hydrogens (tertiary/aromatic N) is 2.